The molecule has 7 nitrogen and oxygen atoms in total. The molecule has 1 aliphatic rings. The van der Waals surface area contributed by atoms with Gasteiger partial charge in [-0.05, 0) is 47.7 Å². The van der Waals surface area contributed by atoms with Crippen LogP contribution < -0.4 is 4.90 Å². The van der Waals surface area contributed by atoms with E-state index in [2.05, 4.69) is 20.4 Å². The Hall–Kier alpha value is -2.58. The number of halogens is 1. The number of thioether (sulfide) groups is 1. The topological polar surface area (TPSA) is 67.2 Å². The van der Waals surface area contributed by atoms with Gasteiger partial charge in [-0.25, -0.2) is 0 Å². The van der Waals surface area contributed by atoms with Gasteiger partial charge in [-0.1, -0.05) is 47.1 Å². The third-order valence-corrected chi connectivity index (χ3v) is 5.99. The van der Waals surface area contributed by atoms with Crippen LogP contribution in [0.2, 0.25) is 5.02 Å². The van der Waals surface area contributed by atoms with Gasteiger partial charge < -0.3 is 9.80 Å². The van der Waals surface area contributed by atoms with Crippen LogP contribution in [0.5, 0.6) is 0 Å². The first kappa shape index (κ1) is 19.7. The maximum atomic E-state index is 12.7. The van der Waals surface area contributed by atoms with Crippen LogP contribution in [0, 0.1) is 6.92 Å². The van der Waals surface area contributed by atoms with Crippen molar-refractivity contribution in [1.82, 2.24) is 25.1 Å². The summed E-state index contributed by atoms with van der Waals surface area (Å²) in [7, 11) is 0. The Kier molecular flexibility index (Phi) is 6.01. The van der Waals surface area contributed by atoms with E-state index >= 15 is 0 Å². The Labute approximate surface area is 178 Å². The predicted octanol–water partition coefficient (Wildman–Crippen LogP) is 3.07. The van der Waals surface area contributed by atoms with Gasteiger partial charge in [-0.15, -0.1) is 5.10 Å². The van der Waals surface area contributed by atoms with Gasteiger partial charge in [0.25, 0.3) is 0 Å². The fraction of sp³-hybridized carbons (Fsp3) is 0.300. The quantitative estimate of drug-likeness (QED) is 0.582. The van der Waals surface area contributed by atoms with Gasteiger partial charge in [-0.2, -0.15) is 4.68 Å². The first-order chi connectivity index (χ1) is 14.1. The molecular formula is C20H21ClN6OS. The van der Waals surface area contributed by atoms with Gasteiger partial charge in [-0.3, -0.25) is 4.79 Å². The molecule has 2 aromatic carbocycles. The molecule has 0 spiro atoms. The number of benzene rings is 2. The summed E-state index contributed by atoms with van der Waals surface area (Å²) in [6, 6.07) is 15.8. The van der Waals surface area contributed by atoms with Crippen LogP contribution >= 0.6 is 23.4 Å². The molecule has 1 aliphatic heterocycles. The van der Waals surface area contributed by atoms with Crippen LogP contribution in [-0.2, 0) is 4.79 Å². The van der Waals surface area contributed by atoms with Crippen molar-refractivity contribution in [3.8, 4) is 5.69 Å². The molecule has 0 saturated carbocycles. The van der Waals surface area contributed by atoms with E-state index in [1.807, 2.05) is 60.4 Å². The maximum Gasteiger partial charge on any atom is 0.233 e. The van der Waals surface area contributed by atoms with Crippen LogP contribution in [0.4, 0.5) is 5.69 Å². The fourth-order valence-corrected chi connectivity index (χ4v) is 4.20. The highest BCUT2D eigenvalue weighted by Gasteiger charge is 2.22. The number of carbonyl (C=O) groups is 1. The van der Waals surface area contributed by atoms with Crippen LogP contribution in [0.15, 0.2) is 53.7 Å². The molecule has 2 heterocycles. The highest BCUT2D eigenvalue weighted by atomic mass is 35.5. The lowest BCUT2D eigenvalue weighted by Gasteiger charge is -2.36. The van der Waals surface area contributed by atoms with Crippen molar-refractivity contribution < 1.29 is 4.79 Å². The van der Waals surface area contributed by atoms with E-state index in [9.17, 15) is 4.79 Å². The highest BCUT2D eigenvalue weighted by molar-refractivity contribution is 7.99. The zero-order chi connectivity index (χ0) is 20.2. The van der Waals surface area contributed by atoms with E-state index in [0.717, 1.165) is 29.5 Å². The second-order valence-electron chi connectivity index (χ2n) is 6.85. The monoisotopic (exact) mass is 428 g/mol. The van der Waals surface area contributed by atoms with E-state index in [1.54, 1.807) is 4.68 Å². The summed E-state index contributed by atoms with van der Waals surface area (Å²) in [5, 5.41) is 13.2. The normalized spacial score (nSPS) is 14.3. The van der Waals surface area contributed by atoms with Gasteiger partial charge >= 0.3 is 0 Å². The molecule has 150 valence electrons. The number of piperazine rings is 1. The Morgan fingerprint density at radius 1 is 1.07 bits per heavy atom. The minimum Gasteiger partial charge on any atom is -0.368 e. The first-order valence-electron chi connectivity index (χ1n) is 9.37. The number of amides is 1. The van der Waals surface area contributed by atoms with Crippen LogP contribution in [0.25, 0.3) is 5.69 Å². The van der Waals surface area contributed by atoms with E-state index in [-0.39, 0.29) is 5.91 Å². The van der Waals surface area contributed by atoms with E-state index in [4.69, 9.17) is 11.6 Å². The SMILES string of the molecule is Cc1ccc(-n2nnnc2SCC(=O)N2CCN(c3cccc(Cl)c3)CC2)cc1. The van der Waals surface area contributed by atoms with Crippen LogP contribution in [0.3, 0.4) is 0 Å². The minimum atomic E-state index is 0.0965. The maximum absolute atomic E-state index is 12.7. The highest BCUT2D eigenvalue weighted by Crippen LogP contribution is 2.22. The number of hydrogen-bond acceptors (Lipinski definition) is 6. The number of anilines is 1. The van der Waals surface area contributed by atoms with Crippen LogP contribution in [0.1, 0.15) is 5.56 Å². The summed E-state index contributed by atoms with van der Waals surface area (Å²) in [6.07, 6.45) is 0. The summed E-state index contributed by atoms with van der Waals surface area (Å²) >= 11 is 7.44. The van der Waals surface area contributed by atoms with Gasteiger partial charge in [0.2, 0.25) is 11.1 Å². The lowest BCUT2D eigenvalue weighted by atomic mass is 10.2. The second kappa shape index (κ2) is 8.84. The fourth-order valence-electron chi connectivity index (χ4n) is 3.22. The molecule has 0 bridgehead atoms. The standard InChI is InChI=1S/C20H21ClN6OS/c1-15-5-7-17(8-6-15)27-20(22-23-24-27)29-14-19(28)26-11-9-25(10-12-26)18-4-2-3-16(21)13-18/h2-8,13H,9-12,14H2,1H3. The summed E-state index contributed by atoms with van der Waals surface area (Å²) < 4.78 is 1.66. The van der Waals surface area contributed by atoms with Crippen LogP contribution in [-0.4, -0.2) is 62.9 Å². The zero-order valence-electron chi connectivity index (χ0n) is 16.0. The number of aryl methyl sites for hydroxylation is 1. The van der Waals surface area contributed by atoms with E-state index in [0.29, 0.717) is 24.0 Å². The molecule has 3 aromatic rings. The molecule has 1 amide bonds. The molecule has 4 rings (SSSR count). The molecule has 0 atom stereocenters. The number of aromatic nitrogens is 4. The number of hydrogen-bond donors (Lipinski definition) is 0. The Balaban J connectivity index is 1.32. The molecule has 9 heteroatoms. The average Bonchev–Trinajstić information content (AvgIpc) is 3.21. The molecule has 1 saturated heterocycles. The third-order valence-electron chi connectivity index (χ3n) is 4.85. The lowest BCUT2D eigenvalue weighted by molar-refractivity contribution is -0.128. The van der Waals surface area contributed by atoms with Crippen molar-refractivity contribution in [3.63, 3.8) is 0 Å². The van der Waals surface area contributed by atoms with E-state index < -0.39 is 0 Å². The third kappa shape index (κ3) is 4.71. The number of rotatable bonds is 5. The molecule has 0 radical (unpaired) electrons. The smallest absolute Gasteiger partial charge is 0.233 e. The van der Waals surface area contributed by atoms with Gasteiger partial charge in [0, 0.05) is 36.9 Å². The van der Waals surface area contributed by atoms with E-state index in [1.165, 1.54) is 17.3 Å². The van der Waals surface area contributed by atoms with Crippen molar-refractivity contribution in [2.75, 3.05) is 36.8 Å². The molecule has 0 aliphatic carbocycles. The van der Waals surface area contributed by atoms with Crippen molar-refractivity contribution >= 4 is 35.0 Å². The molecule has 1 aromatic heterocycles. The number of tetrazole rings is 1. The molecule has 1 fully saturated rings. The largest absolute Gasteiger partial charge is 0.368 e. The number of nitrogens with zero attached hydrogens (tertiary/aromatic N) is 6. The zero-order valence-corrected chi connectivity index (χ0v) is 17.6. The summed E-state index contributed by atoms with van der Waals surface area (Å²) in [5.74, 6) is 0.405. The molecule has 29 heavy (non-hydrogen) atoms. The van der Waals surface area contributed by atoms with Gasteiger partial charge in [0.1, 0.15) is 0 Å². The summed E-state index contributed by atoms with van der Waals surface area (Å²) in [5.41, 5.74) is 3.14. The Bertz CT molecular complexity index is 985. The average molecular weight is 429 g/mol. The Morgan fingerprint density at radius 2 is 1.83 bits per heavy atom. The number of carbonyl (C=O) groups excluding carboxylic acids is 1. The van der Waals surface area contributed by atoms with Crippen molar-refractivity contribution in [3.05, 3.63) is 59.1 Å². The van der Waals surface area contributed by atoms with Gasteiger partial charge in [0.15, 0.2) is 0 Å². The molecular weight excluding hydrogens is 408 g/mol. The Morgan fingerprint density at radius 3 is 2.55 bits per heavy atom. The van der Waals surface area contributed by atoms with Crippen molar-refractivity contribution in [1.29, 1.82) is 0 Å². The summed E-state index contributed by atoms with van der Waals surface area (Å²) in [4.78, 5) is 16.8. The molecule has 0 N–H and O–H groups in total. The predicted molar refractivity (Wildman–Crippen MR) is 115 cm³/mol. The summed E-state index contributed by atoms with van der Waals surface area (Å²) in [6.45, 7) is 4.99. The van der Waals surface area contributed by atoms with Crippen molar-refractivity contribution in [2.45, 2.75) is 12.1 Å². The van der Waals surface area contributed by atoms with Crippen molar-refractivity contribution in [2.24, 2.45) is 0 Å². The minimum absolute atomic E-state index is 0.0965. The lowest BCUT2D eigenvalue weighted by Crippen LogP contribution is -2.49. The first-order valence-corrected chi connectivity index (χ1v) is 10.7. The second-order valence-corrected chi connectivity index (χ2v) is 8.22. The molecule has 0 unspecified atom stereocenters. The van der Waals surface area contributed by atoms with Gasteiger partial charge in [0.05, 0.1) is 11.4 Å².